The predicted molar refractivity (Wildman–Crippen MR) is 67.8 cm³/mol. The van der Waals surface area contributed by atoms with Gasteiger partial charge in [0.2, 0.25) is 0 Å². The highest BCUT2D eigenvalue weighted by atomic mass is 14.3. The van der Waals surface area contributed by atoms with Crippen LogP contribution in [0.1, 0.15) is 44.1 Å². The molecule has 0 spiro atoms. The van der Waals surface area contributed by atoms with Gasteiger partial charge < -0.3 is 0 Å². The molecule has 1 aromatic rings. The lowest BCUT2D eigenvalue weighted by atomic mass is 9.69. The summed E-state index contributed by atoms with van der Waals surface area (Å²) in [5.41, 5.74) is 2.94. The van der Waals surface area contributed by atoms with Crippen LogP contribution in [-0.4, -0.2) is 0 Å². The molecule has 2 aliphatic rings. The minimum Gasteiger partial charge on any atom is -0.0622 e. The average molecular weight is 211 g/mol. The third-order valence-electron chi connectivity index (χ3n) is 4.20. The average Bonchev–Trinajstić information content (AvgIpc) is 2.39. The molecule has 1 aromatic carbocycles. The molecule has 16 heavy (non-hydrogen) atoms. The monoisotopic (exact) mass is 211 g/mol. The van der Waals surface area contributed by atoms with Gasteiger partial charge in [-0.05, 0) is 54.7 Å². The summed E-state index contributed by atoms with van der Waals surface area (Å²) in [7, 11) is 0. The number of hydrogen-bond donors (Lipinski definition) is 0. The number of benzene rings is 1. The molecule has 0 aromatic heterocycles. The summed E-state index contributed by atoms with van der Waals surface area (Å²) in [6.07, 6.45) is 11.9. The van der Waals surface area contributed by atoms with Crippen LogP contribution in [0.2, 0.25) is 0 Å². The summed E-state index contributed by atoms with van der Waals surface area (Å²) in [6, 6.07) is 10.9. The Morgan fingerprint density at radius 2 is 1.75 bits per heavy atom. The molecule has 1 radical (unpaired) electrons. The summed E-state index contributed by atoms with van der Waals surface area (Å²) in [4.78, 5) is 0. The smallest absolute Gasteiger partial charge is 0.0125 e. The maximum atomic E-state index is 3.65. The molecule has 2 aliphatic carbocycles. The van der Waals surface area contributed by atoms with E-state index in [9.17, 15) is 0 Å². The highest BCUT2D eigenvalue weighted by Crippen LogP contribution is 2.44. The molecular formula is C16H19. The van der Waals surface area contributed by atoms with Crippen LogP contribution in [0.15, 0.2) is 30.3 Å². The largest absolute Gasteiger partial charge is 0.0622 e. The lowest BCUT2D eigenvalue weighted by Crippen LogP contribution is -2.23. The van der Waals surface area contributed by atoms with Crippen LogP contribution >= 0.6 is 0 Å². The van der Waals surface area contributed by atoms with E-state index in [0.29, 0.717) is 0 Å². The molecule has 0 amide bonds. The van der Waals surface area contributed by atoms with Gasteiger partial charge in [-0.3, -0.25) is 0 Å². The van der Waals surface area contributed by atoms with E-state index in [2.05, 4.69) is 36.4 Å². The molecule has 0 heteroatoms. The lowest BCUT2D eigenvalue weighted by molar-refractivity contribution is 0.267. The molecule has 2 unspecified atom stereocenters. The first kappa shape index (κ1) is 10.1. The van der Waals surface area contributed by atoms with Crippen LogP contribution in [0.25, 0.3) is 5.57 Å². The van der Waals surface area contributed by atoms with Crippen LogP contribution in [0.3, 0.4) is 0 Å². The zero-order valence-electron chi connectivity index (χ0n) is 9.78. The fraction of sp³-hybridized carbons (Fsp3) is 0.500. The Balaban J connectivity index is 1.91. The first-order chi connectivity index (χ1) is 7.95. The molecular weight excluding hydrogens is 192 g/mol. The molecule has 3 rings (SSSR count). The van der Waals surface area contributed by atoms with Crippen molar-refractivity contribution < 1.29 is 0 Å². The van der Waals surface area contributed by atoms with Crippen molar-refractivity contribution in [3.05, 3.63) is 42.0 Å². The summed E-state index contributed by atoms with van der Waals surface area (Å²) >= 11 is 0. The third-order valence-corrected chi connectivity index (χ3v) is 4.20. The summed E-state index contributed by atoms with van der Waals surface area (Å²) < 4.78 is 0. The quantitative estimate of drug-likeness (QED) is 0.642. The predicted octanol–water partition coefficient (Wildman–Crippen LogP) is 4.47. The van der Waals surface area contributed by atoms with Gasteiger partial charge in [-0.15, -0.1) is 0 Å². The maximum Gasteiger partial charge on any atom is -0.0125 e. The standard InChI is InChI=1S/C16H19/c1-2-7-13(8-3-1)16-12-6-10-14-9-4-5-11-15(14)16/h1-3,7-8,14-15H,4-6,9-11H2. The molecule has 0 aliphatic heterocycles. The SMILES string of the molecule is [C]1=C(c2ccccc2)C2CCCCC2CC1. The Bertz CT molecular complexity index is 374. The molecule has 0 nitrogen and oxygen atoms in total. The fourth-order valence-corrected chi connectivity index (χ4v) is 3.39. The zero-order valence-corrected chi connectivity index (χ0v) is 9.78. The molecule has 0 heterocycles. The van der Waals surface area contributed by atoms with E-state index in [-0.39, 0.29) is 0 Å². The van der Waals surface area contributed by atoms with Gasteiger partial charge in [-0.1, -0.05) is 43.2 Å². The van der Waals surface area contributed by atoms with E-state index >= 15 is 0 Å². The van der Waals surface area contributed by atoms with Crippen LogP contribution in [0.5, 0.6) is 0 Å². The van der Waals surface area contributed by atoms with Gasteiger partial charge in [0, 0.05) is 0 Å². The molecule has 0 bridgehead atoms. The first-order valence-electron chi connectivity index (χ1n) is 6.61. The van der Waals surface area contributed by atoms with Gasteiger partial charge in [-0.2, -0.15) is 0 Å². The van der Waals surface area contributed by atoms with Crippen molar-refractivity contribution in [1.82, 2.24) is 0 Å². The van der Waals surface area contributed by atoms with Crippen molar-refractivity contribution in [1.29, 1.82) is 0 Å². The van der Waals surface area contributed by atoms with Gasteiger partial charge in [0.15, 0.2) is 0 Å². The van der Waals surface area contributed by atoms with Crippen molar-refractivity contribution in [3.8, 4) is 0 Å². The van der Waals surface area contributed by atoms with Crippen molar-refractivity contribution in [2.24, 2.45) is 11.8 Å². The molecule has 2 atom stereocenters. The molecule has 1 fully saturated rings. The van der Waals surface area contributed by atoms with Gasteiger partial charge in [0.1, 0.15) is 0 Å². The number of rotatable bonds is 1. The Morgan fingerprint density at radius 1 is 0.938 bits per heavy atom. The van der Waals surface area contributed by atoms with Crippen LogP contribution in [0.4, 0.5) is 0 Å². The molecule has 83 valence electrons. The summed E-state index contributed by atoms with van der Waals surface area (Å²) in [6.45, 7) is 0. The fourth-order valence-electron chi connectivity index (χ4n) is 3.39. The van der Waals surface area contributed by atoms with E-state index in [0.717, 1.165) is 11.8 Å². The Morgan fingerprint density at radius 3 is 2.62 bits per heavy atom. The normalized spacial score (nSPS) is 29.4. The van der Waals surface area contributed by atoms with Crippen LogP contribution in [0, 0.1) is 17.9 Å². The molecule has 0 N–H and O–H groups in total. The topological polar surface area (TPSA) is 0 Å². The van der Waals surface area contributed by atoms with Crippen LogP contribution in [-0.2, 0) is 0 Å². The van der Waals surface area contributed by atoms with Crippen molar-refractivity contribution in [2.45, 2.75) is 38.5 Å². The first-order valence-corrected chi connectivity index (χ1v) is 6.61. The minimum absolute atomic E-state index is 0.810. The van der Waals surface area contributed by atoms with E-state index in [4.69, 9.17) is 0 Å². The minimum atomic E-state index is 0.810. The second kappa shape index (κ2) is 4.45. The van der Waals surface area contributed by atoms with Crippen molar-refractivity contribution in [2.75, 3.05) is 0 Å². The highest BCUT2D eigenvalue weighted by molar-refractivity contribution is 5.66. The number of allylic oxidation sites excluding steroid dienone is 2. The van der Waals surface area contributed by atoms with E-state index in [1.54, 1.807) is 0 Å². The Hall–Kier alpha value is -1.04. The van der Waals surface area contributed by atoms with Gasteiger partial charge in [-0.25, -0.2) is 0 Å². The molecule has 1 saturated carbocycles. The summed E-state index contributed by atoms with van der Waals surface area (Å²) in [5.74, 6) is 1.76. The summed E-state index contributed by atoms with van der Waals surface area (Å²) in [5, 5.41) is 0. The second-order valence-electron chi connectivity index (χ2n) is 5.15. The number of hydrogen-bond acceptors (Lipinski definition) is 0. The van der Waals surface area contributed by atoms with E-state index < -0.39 is 0 Å². The molecule has 0 saturated heterocycles. The van der Waals surface area contributed by atoms with E-state index in [1.807, 2.05) is 0 Å². The van der Waals surface area contributed by atoms with E-state index in [1.165, 1.54) is 49.7 Å². The lowest BCUT2D eigenvalue weighted by Gasteiger charge is -2.36. The van der Waals surface area contributed by atoms with Crippen molar-refractivity contribution in [3.63, 3.8) is 0 Å². The maximum absolute atomic E-state index is 3.65. The van der Waals surface area contributed by atoms with Crippen LogP contribution < -0.4 is 0 Å². The third kappa shape index (κ3) is 1.81. The number of fused-ring (bicyclic) bond motifs is 1. The van der Waals surface area contributed by atoms with Gasteiger partial charge in [0.05, 0.1) is 0 Å². The highest BCUT2D eigenvalue weighted by Gasteiger charge is 2.30. The zero-order chi connectivity index (χ0) is 10.8. The van der Waals surface area contributed by atoms with Gasteiger partial charge in [0.25, 0.3) is 0 Å². The van der Waals surface area contributed by atoms with Gasteiger partial charge >= 0.3 is 0 Å². The second-order valence-corrected chi connectivity index (χ2v) is 5.15. The Kier molecular flexibility index (Phi) is 2.82. The Labute approximate surface area is 98.4 Å². The van der Waals surface area contributed by atoms with Crippen molar-refractivity contribution >= 4 is 5.57 Å².